The SMILES string of the molecule is COc1ccc(NC(C)=O)cc1NC(=O)CC1CSc2nc3c(cnn3-c3ccc(C)c(C)c3)c(=O)n21. The van der Waals surface area contributed by atoms with Gasteiger partial charge in [-0.2, -0.15) is 5.10 Å². The minimum Gasteiger partial charge on any atom is -0.495 e. The van der Waals surface area contributed by atoms with Gasteiger partial charge in [-0.25, -0.2) is 9.67 Å². The third-order valence-corrected chi connectivity index (χ3v) is 7.42. The molecule has 0 aliphatic carbocycles. The summed E-state index contributed by atoms with van der Waals surface area (Å²) in [4.78, 5) is 42.6. The number of ether oxygens (including phenoxy) is 1. The van der Waals surface area contributed by atoms with Crippen LogP contribution < -0.4 is 20.9 Å². The molecule has 1 atom stereocenters. The van der Waals surface area contributed by atoms with E-state index in [9.17, 15) is 14.4 Å². The highest BCUT2D eigenvalue weighted by Crippen LogP contribution is 2.34. The van der Waals surface area contributed by atoms with Gasteiger partial charge in [-0.05, 0) is 55.3 Å². The van der Waals surface area contributed by atoms with Crippen LogP contribution in [0.4, 0.5) is 11.4 Å². The van der Waals surface area contributed by atoms with Crippen molar-refractivity contribution in [2.45, 2.75) is 38.4 Å². The molecule has 0 radical (unpaired) electrons. The molecule has 190 valence electrons. The van der Waals surface area contributed by atoms with Crippen LogP contribution in [0.2, 0.25) is 0 Å². The van der Waals surface area contributed by atoms with Crippen molar-refractivity contribution in [2.75, 3.05) is 23.5 Å². The third-order valence-electron chi connectivity index (χ3n) is 6.32. The lowest BCUT2D eigenvalue weighted by molar-refractivity contribution is -0.117. The van der Waals surface area contributed by atoms with Crippen LogP contribution in [-0.2, 0) is 9.59 Å². The van der Waals surface area contributed by atoms with Gasteiger partial charge in [0.25, 0.3) is 5.56 Å². The van der Waals surface area contributed by atoms with Crippen LogP contribution in [0, 0.1) is 13.8 Å². The molecule has 10 nitrogen and oxygen atoms in total. The predicted molar refractivity (Wildman–Crippen MR) is 143 cm³/mol. The maximum atomic E-state index is 13.4. The van der Waals surface area contributed by atoms with Crippen molar-refractivity contribution >= 4 is 46.0 Å². The van der Waals surface area contributed by atoms with Crippen LogP contribution in [0.1, 0.15) is 30.5 Å². The molecular weight excluding hydrogens is 492 g/mol. The summed E-state index contributed by atoms with van der Waals surface area (Å²) in [6.45, 7) is 5.48. The highest BCUT2D eigenvalue weighted by Gasteiger charge is 2.30. The number of rotatable bonds is 6. The van der Waals surface area contributed by atoms with Gasteiger partial charge in [0.15, 0.2) is 10.8 Å². The molecule has 2 amide bonds. The van der Waals surface area contributed by atoms with Gasteiger partial charge in [-0.3, -0.25) is 19.0 Å². The predicted octanol–water partition coefficient (Wildman–Crippen LogP) is 3.84. The molecule has 0 fully saturated rings. The fourth-order valence-electron chi connectivity index (χ4n) is 4.33. The summed E-state index contributed by atoms with van der Waals surface area (Å²) in [5, 5.41) is 10.9. The number of nitrogens with zero attached hydrogens (tertiary/aromatic N) is 4. The van der Waals surface area contributed by atoms with Crippen molar-refractivity contribution < 1.29 is 14.3 Å². The monoisotopic (exact) mass is 518 g/mol. The van der Waals surface area contributed by atoms with Crippen LogP contribution in [-0.4, -0.2) is 44.0 Å². The molecule has 11 heteroatoms. The van der Waals surface area contributed by atoms with Gasteiger partial charge in [0.05, 0.1) is 30.7 Å². The van der Waals surface area contributed by atoms with Crippen molar-refractivity contribution in [1.82, 2.24) is 19.3 Å². The first-order valence-electron chi connectivity index (χ1n) is 11.7. The van der Waals surface area contributed by atoms with Crippen LogP contribution in [0.25, 0.3) is 16.7 Å². The number of carbonyl (C=O) groups is 2. The number of anilines is 2. The van der Waals surface area contributed by atoms with Crippen LogP contribution in [0.15, 0.2) is 52.5 Å². The zero-order valence-corrected chi connectivity index (χ0v) is 21.7. The molecule has 2 N–H and O–H groups in total. The molecule has 5 rings (SSSR count). The average Bonchev–Trinajstić information content (AvgIpc) is 3.45. The van der Waals surface area contributed by atoms with E-state index in [2.05, 4.69) is 15.7 Å². The fraction of sp³-hybridized carbons (Fsp3) is 0.269. The molecule has 3 heterocycles. The van der Waals surface area contributed by atoms with E-state index in [1.807, 2.05) is 32.0 Å². The van der Waals surface area contributed by atoms with Crippen molar-refractivity contribution in [3.05, 3.63) is 64.1 Å². The molecule has 1 aliphatic heterocycles. The number of carbonyl (C=O) groups excluding carboxylic acids is 2. The van der Waals surface area contributed by atoms with Crippen molar-refractivity contribution in [3.63, 3.8) is 0 Å². The van der Waals surface area contributed by atoms with E-state index in [0.29, 0.717) is 39.1 Å². The number of hydrogen-bond donors (Lipinski definition) is 2. The number of hydrogen-bond acceptors (Lipinski definition) is 7. The summed E-state index contributed by atoms with van der Waals surface area (Å²) < 4.78 is 8.61. The Morgan fingerprint density at radius 2 is 1.95 bits per heavy atom. The maximum Gasteiger partial charge on any atom is 0.265 e. The Morgan fingerprint density at radius 3 is 2.68 bits per heavy atom. The first-order valence-corrected chi connectivity index (χ1v) is 12.7. The second kappa shape index (κ2) is 9.74. The summed E-state index contributed by atoms with van der Waals surface area (Å²) in [7, 11) is 1.50. The Bertz CT molecular complexity index is 1610. The van der Waals surface area contributed by atoms with E-state index in [-0.39, 0.29) is 29.8 Å². The Labute approximate surface area is 217 Å². The first-order chi connectivity index (χ1) is 17.7. The Kier molecular flexibility index (Phi) is 6.46. The van der Waals surface area contributed by atoms with E-state index < -0.39 is 0 Å². The summed E-state index contributed by atoms with van der Waals surface area (Å²) in [5.41, 5.74) is 4.38. The molecule has 4 aromatic rings. The summed E-state index contributed by atoms with van der Waals surface area (Å²) >= 11 is 1.44. The smallest absolute Gasteiger partial charge is 0.265 e. The van der Waals surface area contributed by atoms with Crippen LogP contribution in [0.5, 0.6) is 5.75 Å². The van der Waals surface area contributed by atoms with Gasteiger partial charge in [-0.1, -0.05) is 17.8 Å². The topological polar surface area (TPSA) is 120 Å². The van der Waals surface area contributed by atoms with E-state index in [1.54, 1.807) is 27.4 Å². The first kappa shape index (κ1) is 24.6. The van der Waals surface area contributed by atoms with Gasteiger partial charge in [0, 0.05) is 24.8 Å². The number of amides is 2. The van der Waals surface area contributed by atoms with Crippen LogP contribution >= 0.6 is 11.8 Å². The van der Waals surface area contributed by atoms with Crippen LogP contribution in [0.3, 0.4) is 0 Å². The zero-order valence-electron chi connectivity index (χ0n) is 20.9. The Morgan fingerprint density at radius 1 is 1.14 bits per heavy atom. The number of aromatic nitrogens is 4. The molecule has 0 spiro atoms. The number of thioether (sulfide) groups is 1. The summed E-state index contributed by atoms with van der Waals surface area (Å²) in [6.07, 6.45) is 1.61. The quantitative estimate of drug-likeness (QED) is 0.372. The largest absolute Gasteiger partial charge is 0.495 e. The van der Waals surface area contributed by atoms with Crippen molar-refractivity contribution in [3.8, 4) is 11.4 Å². The fourth-order valence-corrected chi connectivity index (χ4v) is 5.46. The molecule has 1 unspecified atom stereocenters. The average molecular weight is 519 g/mol. The summed E-state index contributed by atoms with van der Waals surface area (Å²) in [6, 6.07) is 10.6. The minimum absolute atomic E-state index is 0.0753. The van der Waals surface area contributed by atoms with Gasteiger partial charge in [0.1, 0.15) is 11.1 Å². The molecule has 1 aliphatic rings. The molecule has 0 bridgehead atoms. The third kappa shape index (κ3) is 4.69. The lowest BCUT2D eigenvalue weighted by Gasteiger charge is -2.15. The number of nitrogens with one attached hydrogen (secondary N) is 2. The molecule has 2 aromatic carbocycles. The highest BCUT2D eigenvalue weighted by molar-refractivity contribution is 7.99. The highest BCUT2D eigenvalue weighted by atomic mass is 32.2. The molecule has 0 saturated heterocycles. The van der Waals surface area contributed by atoms with E-state index in [4.69, 9.17) is 9.72 Å². The van der Waals surface area contributed by atoms with Crippen molar-refractivity contribution in [2.24, 2.45) is 0 Å². The number of methoxy groups -OCH3 is 1. The maximum absolute atomic E-state index is 13.4. The van der Waals surface area contributed by atoms with E-state index >= 15 is 0 Å². The lowest BCUT2D eigenvalue weighted by atomic mass is 10.1. The van der Waals surface area contributed by atoms with E-state index in [1.165, 1.54) is 37.6 Å². The standard InChI is InChI=1S/C26H26N6O4S/c1-14-5-7-18(9-15(14)2)32-24-20(12-27-32)25(35)31-19(13-37-26(31)30-24)11-23(34)29-21-10-17(28-16(3)33)6-8-22(21)36-4/h5-10,12,19H,11,13H2,1-4H3,(H,28,33)(H,29,34). The lowest BCUT2D eigenvalue weighted by Crippen LogP contribution is -2.27. The van der Waals surface area contributed by atoms with Gasteiger partial charge < -0.3 is 15.4 Å². The van der Waals surface area contributed by atoms with Crippen molar-refractivity contribution in [1.29, 1.82) is 0 Å². The number of fused-ring (bicyclic) bond motifs is 2. The molecule has 2 aromatic heterocycles. The summed E-state index contributed by atoms with van der Waals surface area (Å²) in [5.74, 6) is 0.501. The van der Waals surface area contributed by atoms with Gasteiger partial charge in [-0.15, -0.1) is 0 Å². The number of aryl methyl sites for hydroxylation is 2. The van der Waals surface area contributed by atoms with Gasteiger partial charge in [0.2, 0.25) is 11.8 Å². The molecule has 37 heavy (non-hydrogen) atoms. The van der Waals surface area contributed by atoms with E-state index in [0.717, 1.165) is 11.3 Å². The van der Waals surface area contributed by atoms with Gasteiger partial charge >= 0.3 is 0 Å². The Hall–Kier alpha value is -4.12. The second-order valence-corrected chi connectivity index (χ2v) is 9.93. The minimum atomic E-state index is -0.362. The normalized spacial score (nSPS) is 14.4. The second-order valence-electron chi connectivity index (χ2n) is 8.95. The molecule has 0 saturated carbocycles. The zero-order chi connectivity index (χ0) is 26.3. The number of benzene rings is 2. The Balaban J connectivity index is 1.41. The molecular formula is C26H26N6O4S.